The Balaban J connectivity index is 2.71. The number of aliphatic hydroxyl groups excluding tert-OH is 1. The van der Waals surface area contributed by atoms with Gasteiger partial charge in [-0.25, -0.2) is 0 Å². The molecule has 1 atom stereocenters. The van der Waals surface area contributed by atoms with Crippen LogP contribution in [0.25, 0.3) is 0 Å². The zero-order valence-electron chi connectivity index (χ0n) is 11.1. The van der Waals surface area contributed by atoms with Gasteiger partial charge in [-0.1, -0.05) is 13.8 Å². The first kappa shape index (κ1) is 15.5. The summed E-state index contributed by atoms with van der Waals surface area (Å²) < 4.78 is 0. The second kappa shape index (κ2) is 7.81. The molecule has 102 valence electrons. The molecule has 0 aliphatic rings. The number of thiophene rings is 1. The van der Waals surface area contributed by atoms with Gasteiger partial charge in [-0.05, 0) is 35.6 Å². The van der Waals surface area contributed by atoms with Crippen LogP contribution in [-0.4, -0.2) is 35.7 Å². The highest BCUT2D eigenvalue weighted by Crippen LogP contribution is 2.24. The van der Waals surface area contributed by atoms with E-state index in [1.807, 2.05) is 17.7 Å². The Labute approximate surface area is 117 Å². The molecule has 0 saturated heterocycles. The predicted molar refractivity (Wildman–Crippen MR) is 79.7 cm³/mol. The minimum atomic E-state index is -0.0128. The number of carbonyl (C=O) groups is 1. The molecule has 1 aromatic heterocycles. The molecule has 1 rings (SSSR count). The standard InChI is InChI=1S/C13H21NO2S2/c1-9(2)11-5-7-18-12(11)13(16)14-10(4-6-15)8-17-3/h5,7,9-10,15H,4,6,8H2,1-3H3,(H,14,16). The van der Waals surface area contributed by atoms with E-state index in [0.717, 1.165) is 16.2 Å². The molecule has 0 aromatic carbocycles. The summed E-state index contributed by atoms with van der Waals surface area (Å²) in [6, 6.07) is 2.06. The van der Waals surface area contributed by atoms with Gasteiger partial charge in [-0.3, -0.25) is 4.79 Å². The Morgan fingerprint density at radius 1 is 1.56 bits per heavy atom. The largest absolute Gasteiger partial charge is 0.396 e. The lowest BCUT2D eigenvalue weighted by atomic mass is 10.0. The molecule has 1 aromatic rings. The van der Waals surface area contributed by atoms with E-state index in [1.165, 1.54) is 11.3 Å². The molecule has 2 N–H and O–H groups in total. The molecule has 0 saturated carbocycles. The van der Waals surface area contributed by atoms with Gasteiger partial charge < -0.3 is 10.4 Å². The van der Waals surface area contributed by atoms with Crippen molar-refractivity contribution in [2.45, 2.75) is 32.2 Å². The lowest BCUT2D eigenvalue weighted by Gasteiger charge is -2.17. The minimum Gasteiger partial charge on any atom is -0.396 e. The third-order valence-corrected chi connectivity index (χ3v) is 4.37. The number of hydrogen-bond acceptors (Lipinski definition) is 4. The fourth-order valence-electron chi connectivity index (χ4n) is 1.76. The van der Waals surface area contributed by atoms with Crippen LogP contribution >= 0.6 is 23.1 Å². The summed E-state index contributed by atoms with van der Waals surface area (Å²) in [5.74, 6) is 1.17. The lowest BCUT2D eigenvalue weighted by Crippen LogP contribution is -2.37. The smallest absolute Gasteiger partial charge is 0.261 e. The Kier molecular flexibility index (Phi) is 6.75. The molecule has 0 aliphatic carbocycles. The van der Waals surface area contributed by atoms with Crippen molar-refractivity contribution < 1.29 is 9.90 Å². The van der Waals surface area contributed by atoms with E-state index in [2.05, 4.69) is 19.2 Å². The highest BCUT2D eigenvalue weighted by molar-refractivity contribution is 7.98. The maximum atomic E-state index is 12.2. The quantitative estimate of drug-likeness (QED) is 0.810. The van der Waals surface area contributed by atoms with Crippen molar-refractivity contribution in [2.24, 2.45) is 0 Å². The van der Waals surface area contributed by atoms with E-state index in [4.69, 9.17) is 5.11 Å². The predicted octanol–water partition coefficient (Wildman–Crippen LogP) is 2.72. The summed E-state index contributed by atoms with van der Waals surface area (Å²) in [6.45, 7) is 4.28. The Morgan fingerprint density at radius 2 is 2.28 bits per heavy atom. The second-order valence-corrected chi connectivity index (χ2v) is 6.32. The van der Waals surface area contributed by atoms with Gasteiger partial charge in [0.15, 0.2) is 0 Å². The Morgan fingerprint density at radius 3 is 2.83 bits per heavy atom. The summed E-state index contributed by atoms with van der Waals surface area (Å²) in [5, 5.41) is 14.0. The maximum absolute atomic E-state index is 12.2. The first-order chi connectivity index (χ1) is 8.60. The van der Waals surface area contributed by atoms with Crippen LogP contribution in [0.3, 0.4) is 0 Å². The zero-order valence-corrected chi connectivity index (χ0v) is 12.7. The number of hydrogen-bond donors (Lipinski definition) is 2. The highest BCUT2D eigenvalue weighted by atomic mass is 32.2. The molecule has 0 bridgehead atoms. The van der Waals surface area contributed by atoms with Gasteiger partial charge in [0.1, 0.15) is 0 Å². The fraction of sp³-hybridized carbons (Fsp3) is 0.615. The average molecular weight is 287 g/mol. The fourth-order valence-corrected chi connectivity index (χ4v) is 3.37. The van der Waals surface area contributed by atoms with Gasteiger partial charge in [0, 0.05) is 18.4 Å². The third-order valence-electron chi connectivity index (χ3n) is 2.70. The van der Waals surface area contributed by atoms with Crippen LogP contribution in [0.5, 0.6) is 0 Å². The first-order valence-electron chi connectivity index (χ1n) is 6.08. The molecular weight excluding hydrogens is 266 g/mol. The number of carbonyl (C=O) groups excluding carboxylic acids is 1. The number of thioether (sulfide) groups is 1. The van der Waals surface area contributed by atoms with Crippen molar-refractivity contribution in [3.05, 3.63) is 21.9 Å². The molecule has 1 amide bonds. The molecule has 0 spiro atoms. The van der Waals surface area contributed by atoms with Crippen LogP contribution in [0.4, 0.5) is 0 Å². The van der Waals surface area contributed by atoms with Gasteiger partial charge in [0.25, 0.3) is 5.91 Å². The van der Waals surface area contributed by atoms with Gasteiger partial charge in [0.05, 0.1) is 4.88 Å². The maximum Gasteiger partial charge on any atom is 0.261 e. The lowest BCUT2D eigenvalue weighted by molar-refractivity contribution is 0.0938. The molecular formula is C13H21NO2S2. The SMILES string of the molecule is CSCC(CCO)NC(=O)c1sccc1C(C)C. The summed E-state index contributed by atoms with van der Waals surface area (Å²) in [6.07, 6.45) is 2.61. The van der Waals surface area contributed by atoms with Crippen LogP contribution in [0, 0.1) is 0 Å². The summed E-state index contributed by atoms with van der Waals surface area (Å²) in [7, 11) is 0. The summed E-state index contributed by atoms with van der Waals surface area (Å²) >= 11 is 3.16. The molecule has 1 heterocycles. The molecule has 0 aliphatic heterocycles. The number of rotatable bonds is 7. The van der Waals surface area contributed by atoms with Crippen LogP contribution in [0.15, 0.2) is 11.4 Å². The molecule has 3 nitrogen and oxygen atoms in total. The third kappa shape index (κ3) is 4.30. The summed E-state index contributed by atoms with van der Waals surface area (Å²) in [4.78, 5) is 13.0. The molecule has 5 heteroatoms. The zero-order chi connectivity index (χ0) is 13.5. The van der Waals surface area contributed by atoms with E-state index in [-0.39, 0.29) is 18.6 Å². The van der Waals surface area contributed by atoms with E-state index in [9.17, 15) is 4.79 Å². The van der Waals surface area contributed by atoms with Crippen LogP contribution < -0.4 is 5.32 Å². The van der Waals surface area contributed by atoms with E-state index in [0.29, 0.717) is 12.3 Å². The summed E-state index contributed by atoms with van der Waals surface area (Å²) in [5.41, 5.74) is 1.10. The van der Waals surface area contributed by atoms with Crippen molar-refractivity contribution in [3.63, 3.8) is 0 Å². The van der Waals surface area contributed by atoms with Crippen LogP contribution in [0.2, 0.25) is 0 Å². The van der Waals surface area contributed by atoms with Crippen molar-refractivity contribution in [2.75, 3.05) is 18.6 Å². The van der Waals surface area contributed by atoms with Gasteiger partial charge in [-0.15, -0.1) is 11.3 Å². The van der Waals surface area contributed by atoms with Gasteiger partial charge >= 0.3 is 0 Å². The van der Waals surface area contributed by atoms with Crippen molar-refractivity contribution in [3.8, 4) is 0 Å². The monoisotopic (exact) mass is 287 g/mol. The molecule has 1 unspecified atom stereocenters. The van der Waals surface area contributed by atoms with Gasteiger partial charge in [-0.2, -0.15) is 11.8 Å². The normalized spacial score (nSPS) is 12.7. The topological polar surface area (TPSA) is 49.3 Å². The van der Waals surface area contributed by atoms with Crippen LogP contribution in [0.1, 0.15) is 41.4 Å². The molecule has 18 heavy (non-hydrogen) atoms. The van der Waals surface area contributed by atoms with E-state index >= 15 is 0 Å². The number of nitrogens with one attached hydrogen (secondary N) is 1. The second-order valence-electron chi connectivity index (χ2n) is 4.50. The first-order valence-corrected chi connectivity index (χ1v) is 8.35. The van der Waals surface area contributed by atoms with Crippen LogP contribution in [-0.2, 0) is 0 Å². The molecule has 0 fully saturated rings. The number of aliphatic hydroxyl groups is 1. The average Bonchev–Trinajstić information content (AvgIpc) is 2.78. The Hall–Kier alpha value is -0.520. The van der Waals surface area contributed by atoms with Crippen molar-refractivity contribution in [1.29, 1.82) is 0 Å². The van der Waals surface area contributed by atoms with Gasteiger partial charge in [0.2, 0.25) is 0 Å². The van der Waals surface area contributed by atoms with Crippen molar-refractivity contribution in [1.82, 2.24) is 5.32 Å². The Bertz CT molecular complexity index is 371. The minimum absolute atomic E-state index is 0.0128. The highest BCUT2D eigenvalue weighted by Gasteiger charge is 2.18. The van der Waals surface area contributed by atoms with E-state index in [1.54, 1.807) is 11.8 Å². The van der Waals surface area contributed by atoms with Crippen molar-refractivity contribution >= 4 is 29.0 Å². The van der Waals surface area contributed by atoms with E-state index < -0.39 is 0 Å². The molecule has 0 radical (unpaired) electrons. The number of amides is 1.